The first-order valence-electron chi connectivity index (χ1n) is 17.6. The van der Waals surface area contributed by atoms with E-state index in [9.17, 15) is 14.4 Å². The van der Waals surface area contributed by atoms with E-state index in [1.165, 1.54) is 16.7 Å². The molecule has 46 heavy (non-hydrogen) atoms. The zero-order valence-corrected chi connectivity index (χ0v) is 28.7. The highest BCUT2D eigenvalue weighted by Crippen LogP contribution is 2.28. The molecule has 2 N–H and O–H groups in total. The summed E-state index contributed by atoms with van der Waals surface area (Å²) < 4.78 is 0. The predicted octanol–water partition coefficient (Wildman–Crippen LogP) is 4.57. The van der Waals surface area contributed by atoms with Crippen LogP contribution in [-0.4, -0.2) is 89.8 Å². The fourth-order valence-corrected chi connectivity index (χ4v) is 7.88. The van der Waals surface area contributed by atoms with Crippen molar-refractivity contribution in [3.8, 4) is 0 Å². The van der Waals surface area contributed by atoms with E-state index in [2.05, 4.69) is 79.6 Å². The highest BCUT2D eigenvalue weighted by atomic mass is 16.2. The summed E-state index contributed by atoms with van der Waals surface area (Å²) in [6.07, 6.45) is 5.63. The molecule has 2 aromatic carbocycles. The van der Waals surface area contributed by atoms with Gasteiger partial charge in [0, 0.05) is 70.6 Å². The van der Waals surface area contributed by atoms with Crippen molar-refractivity contribution in [1.29, 1.82) is 0 Å². The van der Waals surface area contributed by atoms with E-state index < -0.39 is 6.04 Å². The number of aryl methyl sites for hydroxylation is 2. The molecule has 8 nitrogen and oxygen atoms in total. The van der Waals surface area contributed by atoms with E-state index in [4.69, 9.17) is 0 Å². The van der Waals surface area contributed by atoms with Gasteiger partial charge in [0.1, 0.15) is 6.04 Å². The Balaban J connectivity index is 1.26. The van der Waals surface area contributed by atoms with Crippen molar-refractivity contribution in [1.82, 2.24) is 25.3 Å². The summed E-state index contributed by atoms with van der Waals surface area (Å²) in [6.45, 7) is 15.3. The number of rotatable bonds is 10. The summed E-state index contributed by atoms with van der Waals surface area (Å²) >= 11 is 0. The number of nitrogens with one attached hydrogen (secondary N) is 2. The first kappa shape index (κ1) is 34.1. The van der Waals surface area contributed by atoms with Crippen molar-refractivity contribution in [2.24, 2.45) is 5.92 Å². The van der Waals surface area contributed by atoms with Crippen LogP contribution in [0.15, 0.2) is 42.5 Å². The van der Waals surface area contributed by atoms with Crippen LogP contribution in [0, 0.1) is 19.8 Å². The largest absolute Gasteiger partial charge is 0.344 e. The molecule has 2 aromatic rings. The lowest BCUT2D eigenvalue weighted by atomic mass is 9.92. The number of carbonyl (C=O) groups is 3. The predicted molar refractivity (Wildman–Crippen MR) is 183 cm³/mol. The summed E-state index contributed by atoms with van der Waals surface area (Å²) in [5.74, 6) is 0.651. The maximum absolute atomic E-state index is 14.2. The molecule has 0 spiro atoms. The van der Waals surface area contributed by atoms with Crippen LogP contribution in [0.25, 0.3) is 0 Å². The number of nitrogens with zero attached hydrogens (tertiary/aromatic N) is 3. The summed E-state index contributed by atoms with van der Waals surface area (Å²) in [5, 5.41) is 6.72. The van der Waals surface area contributed by atoms with Crippen LogP contribution in [0.1, 0.15) is 86.7 Å². The zero-order valence-electron chi connectivity index (χ0n) is 28.7. The minimum absolute atomic E-state index is 0.0222. The zero-order chi connectivity index (χ0) is 32.8. The third kappa shape index (κ3) is 8.56. The van der Waals surface area contributed by atoms with Crippen molar-refractivity contribution in [3.05, 3.63) is 70.3 Å². The number of hydrogen-bond donors (Lipinski definition) is 2. The Morgan fingerprint density at radius 2 is 1.59 bits per heavy atom. The molecule has 5 rings (SSSR count). The number of likely N-dealkylation sites (tertiary alicyclic amines) is 2. The van der Waals surface area contributed by atoms with Gasteiger partial charge in [-0.2, -0.15) is 0 Å². The number of benzene rings is 2. The minimum Gasteiger partial charge on any atom is -0.344 e. The van der Waals surface area contributed by atoms with Crippen LogP contribution in [0.3, 0.4) is 0 Å². The average Bonchev–Trinajstić information content (AvgIpc) is 3.04. The molecule has 0 radical (unpaired) electrons. The van der Waals surface area contributed by atoms with Crippen molar-refractivity contribution < 1.29 is 14.4 Å². The number of carbonyl (C=O) groups excluding carboxylic acids is 3. The summed E-state index contributed by atoms with van der Waals surface area (Å²) in [5.41, 5.74) is 5.91. The van der Waals surface area contributed by atoms with Crippen molar-refractivity contribution in [3.63, 3.8) is 0 Å². The summed E-state index contributed by atoms with van der Waals surface area (Å²) in [4.78, 5) is 46.4. The summed E-state index contributed by atoms with van der Waals surface area (Å²) in [7, 11) is 0. The van der Waals surface area contributed by atoms with Crippen LogP contribution < -0.4 is 10.6 Å². The molecule has 0 aromatic heterocycles. The first-order valence-corrected chi connectivity index (χ1v) is 17.6. The second kappa shape index (κ2) is 15.6. The Labute approximate surface area is 276 Å². The first-order chi connectivity index (χ1) is 22.1. The molecule has 0 unspecified atom stereocenters. The SMILES string of the molecule is CC(=O)N1CCC(N(CC(C)C)C2CCN(C(=O)[C@@H](Cc3ccc(C)cc3C)NC(=O)C[C@@H]3NCCc4ccccc43)CC2)CC1. The molecule has 2 fully saturated rings. The van der Waals surface area contributed by atoms with E-state index in [1.807, 2.05) is 15.9 Å². The number of amides is 3. The van der Waals surface area contributed by atoms with Crippen molar-refractivity contribution in [2.45, 2.75) is 104 Å². The van der Waals surface area contributed by atoms with E-state index in [0.29, 0.717) is 43.9 Å². The standard InChI is InChI=1S/C38H55N5O3/c1-26(2)25-43(32-13-18-41(19-14-32)29(5)44)33-15-20-42(21-16-33)38(46)36(23-31-11-10-27(3)22-28(31)4)40-37(45)24-35-34-9-7-6-8-30(34)12-17-39-35/h6-11,22,26,32-33,35-36,39H,12-21,23-25H2,1-5H3,(H,40,45)/t35-,36+/m0/s1. The van der Waals surface area contributed by atoms with Gasteiger partial charge in [0.25, 0.3) is 0 Å². The maximum atomic E-state index is 14.2. The molecule has 250 valence electrons. The van der Waals surface area contributed by atoms with Gasteiger partial charge >= 0.3 is 0 Å². The van der Waals surface area contributed by atoms with Crippen LogP contribution in [-0.2, 0) is 27.2 Å². The van der Waals surface area contributed by atoms with Gasteiger partial charge in [0.05, 0.1) is 0 Å². The van der Waals surface area contributed by atoms with Gasteiger partial charge in [-0.1, -0.05) is 61.9 Å². The van der Waals surface area contributed by atoms with Crippen molar-refractivity contribution >= 4 is 17.7 Å². The molecule has 3 amide bonds. The molecule has 3 aliphatic heterocycles. The normalized spacial score (nSPS) is 20.1. The lowest BCUT2D eigenvalue weighted by Gasteiger charge is -2.46. The summed E-state index contributed by atoms with van der Waals surface area (Å²) in [6, 6.07) is 14.9. The molecule has 2 atom stereocenters. The van der Waals surface area contributed by atoms with E-state index >= 15 is 0 Å². The third-order valence-corrected chi connectivity index (χ3v) is 10.4. The molecule has 0 saturated carbocycles. The van der Waals surface area contributed by atoms with Gasteiger partial charge in [0.2, 0.25) is 17.7 Å². The third-order valence-electron chi connectivity index (χ3n) is 10.4. The van der Waals surface area contributed by atoms with E-state index in [1.54, 1.807) is 6.92 Å². The van der Waals surface area contributed by atoms with E-state index in [0.717, 1.165) is 69.4 Å². The number of hydrogen-bond acceptors (Lipinski definition) is 5. The van der Waals surface area contributed by atoms with Crippen LogP contribution >= 0.6 is 0 Å². The van der Waals surface area contributed by atoms with Crippen LogP contribution in [0.2, 0.25) is 0 Å². The topological polar surface area (TPSA) is 85.0 Å². The Morgan fingerprint density at radius 3 is 2.22 bits per heavy atom. The molecule has 2 saturated heterocycles. The van der Waals surface area contributed by atoms with Crippen LogP contribution in [0.5, 0.6) is 0 Å². The van der Waals surface area contributed by atoms with Crippen molar-refractivity contribution in [2.75, 3.05) is 39.3 Å². The maximum Gasteiger partial charge on any atom is 0.245 e. The number of fused-ring (bicyclic) bond motifs is 1. The minimum atomic E-state index is -0.605. The van der Waals surface area contributed by atoms with Gasteiger partial charge in [0.15, 0.2) is 0 Å². The molecule has 8 heteroatoms. The Bertz CT molecular complexity index is 1360. The molecule has 0 aliphatic carbocycles. The second-order valence-corrected chi connectivity index (χ2v) is 14.3. The second-order valence-electron chi connectivity index (χ2n) is 14.3. The quantitative estimate of drug-likeness (QED) is 0.403. The highest BCUT2D eigenvalue weighted by molar-refractivity contribution is 5.88. The smallest absolute Gasteiger partial charge is 0.245 e. The Kier molecular flexibility index (Phi) is 11.5. The molecular weight excluding hydrogens is 574 g/mol. The average molecular weight is 630 g/mol. The lowest BCUT2D eigenvalue weighted by molar-refractivity contribution is -0.138. The van der Waals surface area contributed by atoms with Gasteiger partial charge in [-0.3, -0.25) is 19.3 Å². The van der Waals surface area contributed by atoms with Gasteiger partial charge in [-0.15, -0.1) is 0 Å². The molecular formula is C38H55N5O3. The van der Waals surface area contributed by atoms with Crippen LogP contribution in [0.4, 0.5) is 0 Å². The van der Waals surface area contributed by atoms with Gasteiger partial charge in [-0.25, -0.2) is 0 Å². The monoisotopic (exact) mass is 629 g/mol. The lowest BCUT2D eigenvalue weighted by Crippen LogP contribution is -2.56. The van der Waals surface area contributed by atoms with Gasteiger partial charge in [-0.05, 0) is 80.7 Å². The number of piperidine rings is 2. The fourth-order valence-electron chi connectivity index (χ4n) is 7.88. The Morgan fingerprint density at radius 1 is 0.935 bits per heavy atom. The van der Waals surface area contributed by atoms with Gasteiger partial charge < -0.3 is 20.4 Å². The molecule has 0 bridgehead atoms. The Hall–Kier alpha value is -3.23. The fraction of sp³-hybridized carbons (Fsp3) is 0.605. The molecule has 3 heterocycles. The highest BCUT2D eigenvalue weighted by Gasteiger charge is 2.36. The molecule has 3 aliphatic rings. The van der Waals surface area contributed by atoms with E-state index in [-0.39, 0.29) is 23.8 Å².